The number of amides is 2. The lowest BCUT2D eigenvalue weighted by molar-refractivity contribution is -0.133. The van der Waals surface area contributed by atoms with Gasteiger partial charge in [0.15, 0.2) is 0 Å². The van der Waals surface area contributed by atoms with Crippen molar-refractivity contribution in [3.05, 3.63) is 35.4 Å². The number of aryl methyl sites for hydroxylation is 2. The molecule has 1 saturated heterocycles. The molecular weight excluding hydrogens is 344 g/mol. The summed E-state index contributed by atoms with van der Waals surface area (Å²) in [6, 6.07) is -0.110. The summed E-state index contributed by atoms with van der Waals surface area (Å²) >= 11 is 0. The second-order valence-corrected chi connectivity index (χ2v) is 8.27. The van der Waals surface area contributed by atoms with Gasteiger partial charge in [0, 0.05) is 56.0 Å². The van der Waals surface area contributed by atoms with Crippen LogP contribution in [0.15, 0.2) is 18.6 Å². The van der Waals surface area contributed by atoms with Gasteiger partial charge in [0.2, 0.25) is 5.91 Å². The van der Waals surface area contributed by atoms with E-state index in [2.05, 4.69) is 15.5 Å². The summed E-state index contributed by atoms with van der Waals surface area (Å²) in [7, 11) is 3.67. The van der Waals surface area contributed by atoms with E-state index in [9.17, 15) is 9.59 Å². The van der Waals surface area contributed by atoms with Crippen molar-refractivity contribution in [2.75, 3.05) is 6.54 Å². The van der Waals surface area contributed by atoms with Crippen molar-refractivity contribution in [3.63, 3.8) is 0 Å². The number of hydrogen-bond acceptors (Lipinski definition) is 4. The SMILES string of the molecule is Cc1c(C(=O)NC[C@@H]2CC(=O)N(C(C)(C)C)[C@H]2c2cnn(C)c2)cnn1C. The molecule has 0 bridgehead atoms. The van der Waals surface area contributed by atoms with E-state index < -0.39 is 0 Å². The molecular formula is C19H28N6O2. The molecule has 0 radical (unpaired) electrons. The van der Waals surface area contributed by atoms with E-state index in [1.807, 2.05) is 52.0 Å². The maximum absolute atomic E-state index is 12.8. The maximum atomic E-state index is 12.8. The van der Waals surface area contributed by atoms with Gasteiger partial charge < -0.3 is 10.2 Å². The van der Waals surface area contributed by atoms with Crippen molar-refractivity contribution in [3.8, 4) is 0 Å². The molecule has 0 saturated carbocycles. The third-order valence-electron chi connectivity index (χ3n) is 5.22. The van der Waals surface area contributed by atoms with Crippen LogP contribution in [-0.4, -0.2) is 48.4 Å². The lowest BCUT2D eigenvalue weighted by Crippen LogP contribution is -2.44. The Kier molecular flexibility index (Phi) is 4.84. The maximum Gasteiger partial charge on any atom is 0.254 e. The summed E-state index contributed by atoms with van der Waals surface area (Å²) in [4.78, 5) is 27.3. The van der Waals surface area contributed by atoms with Gasteiger partial charge in [0.25, 0.3) is 5.91 Å². The van der Waals surface area contributed by atoms with Crippen molar-refractivity contribution in [1.29, 1.82) is 0 Å². The molecule has 8 nitrogen and oxygen atoms in total. The van der Waals surface area contributed by atoms with E-state index in [1.165, 1.54) is 0 Å². The Hall–Kier alpha value is -2.64. The summed E-state index contributed by atoms with van der Waals surface area (Å²) < 4.78 is 3.42. The number of aromatic nitrogens is 4. The molecule has 1 fully saturated rings. The molecule has 27 heavy (non-hydrogen) atoms. The van der Waals surface area contributed by atoms with Gasteiger partial charge in [-0.25, -0.2) is 0 Å². The first-order valence-electron chi connectivity index (χ1n) is 9.17. The highest BCUT2D eigenvalue weighted by Gasteiger charge is 2.45. The van der Waals surface area contributed by atoms with E-state index in [4.69, 9.17) is 0 Å². The molecule has 8 heteroatoms. The Morgan fingerprint density at radius 3 is 2.48 bits per heavy atom. The molecule has 146 valence electrons. The zero-order valence-electron chi connectivity index (χ0n) is 16.9. The van der Waals surface area contributed by atoms with E-state index >= 15 is 0 Å². The van der Waals surface area contributed by atoms with Gasteiger partial charge in [-0.05, 0) is 27.7 Å². The molecule has 1 aliphatic heterocycles. The summed E-state index contributed by atoms with van der Waals surface area (Å²) in [6.07, 6.45) is 5.73. The highest BCUT2D eigenvalue weighted by atomic mass is 16.2. The number of likely N-dealkylation sites (tertiary alicyclic amines) is 1. The van der Waals surface area contributed by atoms with Gasteiger partial charge in [-0.15, -0.1) is 0 Å². The fraction of sp³-hybridized carbons (Fsp3) is 0.579. The number of nitrogens with one attached hydrogen (secondary N) is 1. The van der Waals surface area contributed by atoms with Crippen molar-refractivity contribution in [2.24, 2.45) is 20.0 Å². The quantitative estimate of drug-likeness (QED) is 0.883. The smallest absolute Gasteiger partial charge is 0.254 e. The molecule has 0 unspecified atom stereocenters. The normalized spacial score (nSPS) is 20.4. The van der Waals surface area contributed by atoms with E-state index in [0.717, 1.165) is 11.3 Å². The number of nitrogens with zero attached hydrogens (tertiary/aromatic N) is 5. The largest absolute Gasteiger partial charge is 0.352 e. The molecule has 2 atom stereocenters. The highest BCUT2D eigenvalue weighted by molar-refractivity contribution is 5.95. The Labute approximate surface area is 159 Å². The Morgan fingerprint density at radius 1 is 1.26 bits per heavy atom. The molecule has 2 aromatic heterocycles. The number of hydrogen-bond donors (Lipinski definition) is 1. The first-order valence-corrected chi connectivity index (χ1v) is 9.17. The Morgan fingerprint density at radius 2 is 1.96 bits per heavy atom. The van der Waals surface area contributed by atoms with E-state index in [-0.39, 0.29) is 29.3 Å². The van der Waals surface area contributed by atoms with Crippen LogP contribution in [0.1, 0.15) is 54.8 Å². The van der Waals surface area contributed by atoms with E-state index in [1.54, 1.807) is 22.6 Å². The summed E-state index contributed by atoms with van der Waals surface area (Å²) in [6.45, 7) is 8.39. The number of carbonyl (C=O) groups is 2. The van der Waals surface area contributed by atoms with Crippen LogP contribution in [0.5, 0.6) is 0 Å². The third-order valence-corrected chi connectivity index (χ3v) is 5.22. The predicted molar refractivity (Wildman–Crippen MR) is 101 cm³/mol. The average Bonchev–Trinajstić information content (AvgIpc) is 3.23. The molecule has 2 amide bonds. The molecule has 3 rings (SSSR count). The molecule has 0 spiro atoms. The van der Waals surface area contributed by atoms with Crippen molar-refractivity contribution >= 4 is 11.8 Å². The monoisotopic (exact) mass is 372 g/mol. The summed E-state index contributed by atoms with van der Waals surface area (Å²) in [5.74, 6) is -0.0674. The zero-order valence-corrected chi connectivity index (χ0v) is 16.9. The topological polar surface area (TPSA) is 85.1 Å². The van der Waals surface area contributed by atoms with Crippen LogP contribution in [0.4, 0.5) is 0 Å². The predicted octanol–water partition coefficient (Wildman–Crippen LogP) is 1.58. The first kappa shape index (κ1) is 19.1. The van der Waals surface area contributed by atoms with Crippen LogP contribution in [0, 0.1) is 12.8 Å². The Balaban J connectivity index is 1.81. The standard InChI is InChI=1S/C19H28N6O2/c1-12-15(10-22-24(12)6)18(27)20-8-13-7-16(26)25(19(2,3)4)17(13)14-9-21-23(5)11-14/h9-11,13,17H,7-8H2,1-6H3,(H,20,27)/t13-,17+/m0/s1. The molecule has 1 aliphatic rings. The van der Waals surface area contributed by atoms with Crippen LogP contribution in [-0.2, 0) is 18.9 Å². The second kappa shape index (κ2) is 6.83. The van der Waals surface area contributed by atoms with Crippen LogP contribution >= 0.6 is 0 Å². The fourth-order valence-corrected chi connectivity index (χ4v) is 3.83. The summed E-state index contributed by atoms with van der Waals surface area (Å²) in [5, 5.41) is 11.4. The van der Waals surface area contributed by atoms with Gasteiger partial charge in [-0.3, -0.25) is 19.0 Å². The van der Waals surface area contributed by atoms with Gasteiger partial charge in [-0.1, -0.05) is 0 Å². The van der Waals surface area contributed by atoms with Gasteiger partial charge in [-0.2, -0.15) is 10.2 Å². The average molecular weight is 372 g/mol. The first-order chi connectivity index (χ1) is 12.6. The molecule has 1 N–H and O–H groups in total. The van der Waals surface area contributed by atoms with Crippen LogP contribution in [0.2, 0.25) is 0 Å². The minimum atomic E-state index is -0.309. The van der Waals surface area contributed by atoms with Gasteiger partial charge >= 0.3 is 0 Å². The summed E-state index contributed by atoms with van der Waals surface area (Å²) in [5.41, 5.74) is 2.06. The molecule has 2 aromatic rings. The van der Waals surface area contributed by atoms with Gasteiger partial charge in [0.1, 0.15) is 0 Å². The number of rotatable bonds is 4. The third kappa shape index (κ3) is 3.61. The lowest BCUT2D eigenvalue weighted by Gasteiger charge is -2.38. The molecule has 3 heterocycles. The second-order valence-electron chi connectivity index (χ2n) is 8.27. The fourth-order valence-electron chi connectivity index (χ4n) is 3.83. The minimum absolute atomic E-state index is 0.0122. The highest BCUT2D eigenvalue weighted by Crippen LogP contribution is 2.42. The van der Waals surface area contributed by atoms with Crippen LogP contribution in [0.25, 0.3) is 0 Å². The zero-order chi connectivity index (χ0) is 19.9. The van der Waals surface area contributed by atoms with Gasteiger partial charge in [0.05, 0.1) is 24.0 Å². The van der Waals surface area contributed by atoms with Crippen molar-refractivity contribution < 1.29 is 9.59 Å². The molecule has 0 aliphatic carbocycles. The van der Waals surface area contributed by atoms with Crippen molar-refractivity contribution in [2.45, 2.75) is 45.7 Å². The minimum Gasteiger partial charge on any atom is -0.352 e. The molecule has 0 aromatic carbocycles. The lowest BCUT2D eigenvalue weighted by atomic mass is 9.93. The number of carbonyl (C=O) groups excluding carboxylic acids is 2. The Bertz CT molecular complexity index is 860. The van der Waals surface area contributed by atoms with Crippen LogP contribution < -0.4 is 5.32 Å². The van der Waals surface area contributed by atoms with Crippen molar-refractivity contribution in [1.82, 2.24) is 29.8 Å². The van der Waals surface area contributed by atoms with Crippen LogP contribution in [0.3, 0.4) is 0 Å². The van der Waals surface area contributed by atoms with E-state index in [0.29, 0.717) is 18.5 Å².